The van der Waals surface area contributed by atoms with Crippen LogP contribution in [0.2, 0.25) is 0 Å². The molecule has 2 fully saturated rings. The summed E-state index contributed by atoms with van der Waals surface area (Å²) in [5, 5.41) is 0. The van der Waals surface area contributed by atoms with Crippen LogP contribution in [0.1, 0.15) is 31.2 Å². The molecule has 1 spiro atoms. The van der Waals surface area contributed by atoms with Crippen LogP contribution in [0, 0.1) is 0 Å². The van der Waals surface area contributed by atoms with E-state index in [9.17, 15) is 0 Å². The smallest absolute Gasteiger partial charge is 0.231 e. The maximum atomic E-state index is 6.14. The first-order valence-corrected chi connectivity index (χ1v) is 7.03. The first kappa shape index (κ1) is 11.6. The molecule has 19 heavy (non-hydrogen) atoms. The van der Waals surface area contributed by atoms with E-state index in [0.29, 0.717) is 6.79 Å². The van der Waals surface area contributed by atoms with E-state index in [1.54, 1.807) is 0 Å². The molecule has 0 N–H and O–H groups in total. The summed E-state index contributed by atoms with van der Waals surface area (Å²) in [7, 11) is 0. The fraction of sp³-hybridized carbons (Fsp3) is 0.600. The lowest BCUT2D eigenvalue weighted by atomic mass is 10.0. The van der Waals surface area contributed by atoms with Gasteiger partial charge in [-0.3, -0.25) is 0 Å². The third kappa shape index (κ3) is 2.09. The zero-order chi connectivity index (χ0) is 12.7. The van der Waals surface area contributed by atoms with E-state index in [4.69, 9.17) is 18.9 Å². The molecule has 4 rings (SSSR count). The van der Waals surface area contributed by atoms with Gasteiger partial charge >= 0.3 is 0 Å². The van der Waals surface area contributed by atoms with Crippen LogP contribution in [0.3, 0.4) is 0 Å². The zero-order valence-electron chi connectivity index (χ0n) is 10.9. The summed E-state index contributed by atoms with van der Waals surface area (Å²) < 4.78 is 22.7. The standard InChI is InChI=1S/C15H18O4/c1-5-15(18-7-1)6-4-12(19-15)8-11-2-3-13-14(9-11)17-10-16-13/h2-3,9,12H,1,4-8,10H2. The molecular weight excluding hydrogens is 244 g/mol. The predicted octanol–water partition coefficient (Wildman–Crippen LogP) is 2.64. The molecule has 0 saturated carbocycles. The van der Waals surface area contributed by atoms with Crippen LogP contribution in [0.25, 0.3) is 0 Å². The minimum absolute atomic E-state index is 0.262. The summed E-state index contributed by atoms with van der Waals surface area (Å²) >= 11 is 0. The monoisotopic (exact) mass is 262 g/mol. The maximum absolute atomic E-state index is 6.14. The Hall–Kier alpha value is -1.26. The molecule has 0 bridgehead atoms. The highest BCUT2D eigenvalue weighted by Gasteiger charge is 2.43. The maximum Gasteiger partial charge on any atom is 0.231 e. The topological polar surface area (TPSA) is 36.9 Å². The first-order chi connectivity index (χ1) is 9.33. The van der Waals surface area contributed by atoms with E-state index in [1.807, 2.05) is 6.07 Å². The molecule has 3 aliphatic rings. The number of benzene rings is 1. The molecule has 1 aromatic carbocycles. The third-order valence-electron chi connectivity index (χ3n) is 4.20. The predicted molar refractivity (Wildman–Crippen MR) is 68.3 cm³/mol. The average molecular weight is 262 g/mol. The lowest BCUT2D eigenvalue weighted by Crippen LogP contribution is -2.28. The molecule has 1 aromatic rings. The van der Waals surface area contributed by atoms with Gasteiger partial charge in [0.1, 0.15) is 0 Å². The Morgan fingerprint density at radius 1 is 1.16 bits per heavy atom. The molecule has 3 heterocycles. The van der Waals surface area contributed by atoms with E-state index < -0.39 is 0 Å². The molecule has 2 saturated heterocycles. The van der Waals surface area contributed by atoms with Crippen molar-refractivity contribution in [2.45, 2.75) is 44.0 Å². The van der Waals surface area contributed by atoms with Gasteiger partial charge in [0.15, 0.2) is 17.3 Å². The molecule has 102 valence electrons. The summed E-state index contributed by atoms with van der Waals surface area (Å²) in [6.45, 7) is 1.17. The Labute approximate surface area is 112 Å². The summed E-state index contributed by atoms with van der Waals surface area (Å²) in [6.07, 6.45) is 5.46. The van der Waals surface area contributed by atoms with Crippen molar-refractivity contribution in [2.75, 3.05) is 13.4 Å². The number of rotatable bonds is 2. The molecule has 2 unspecified atom stereocenters. The molecule has 4 nitrogen and oxygen atoms in total. The Balaban J connectivity index is 1.44. The minimum atomic E-state index is -0.263. The average Bonchev–Trinajstić information content (AvgIpc) is 3.12. The molecular formula is C15H18O4. The highest BCUT2D eigenvalue weighted by Crippen LogP contribution is 2.40. The molecule has 0 amide bonds. The summed E-state index contributed by atoms with van der Waals surface area (Å²) in [6, 6.07) is 6.14. The van der Waals surface area contributed by atoms with Crippen LogP contribution < -0.4 is 9.47 Å². The SMILES string of the molecule is c1cc2c(cc1CC1CCC3(CCCO3)O1)OCO2. The number of fused-ring (bicyclic) bond motifs is 1. The van der Waals surface area contributed by atoms with Crippen molar-refractivity contribution in [3.05, 3.63) is 23.8 Å². The Bertz CT molecular complexity index is 479. The van der Waals surface area contributed by atoms with Crippen molar-refractivity contribution in [1.29, 1.82) is 0 Å². The van der Waals surface area contributed by atoms with Gasteiger partial charge in [0.05, 0.1) is 12.7 Å². The van der Waals surface area contributed by atoms with Crippen molar-refractivity contribution in [3.63, 3.8) is 0 Å². The van der Waals surface area contributed by atoms with E-state index >= 15 is 0 Å². The molecule has 0 aromatic heterocycles. The third-order valence-corrected chi connectivity index (χ3v) is 4.20. The van der Waals surface area contributed by atoms with Crippen LogP contribution >= 0.6 is 0 Å². The van der Waals surface area contributed by atoms with Crippen molar-refractivity contribution in [2.24, 2.45) is 0 Å². The number of ether oxygens (including phenoxy) is 4. The van der Waals surface area contributed by atoms with Crippen molar-refractivity contribution in [3.8, 4) is 11.5 Å². The van der Waals surface area contributed by atoms with Gasteiger partial charge in [0, 0.05) is 12.8 Å². The van der Waals surface area contributed by atoms with Crippen LogP contribution in [0.4, 0.5) is 0 Å². The van der Waals surface area contributed by atoms with Gasteiger partial charge in [-0.05, 0) is 37.0 Å². The second kappa shape index (κ2) is 4.39. The van der Waals surface area contributed by atoms with Crippen molar-refractivity contribution >= 4 is 0 Å². The lowest BCUT2D eigenvalue weighted by Gasteiger charge is -2.23. The highest BCUT2D eigenvalue weighted by molar-refractivity contribution is 5.44. The summed E-state index contributed by atoms with van der Waals surface area (Å²) in [4.78, 5) is 0. The second-order valence-electron chi connectivity index (χ2n) is 5.53. The highest BCUT2D eigenvalue weighted by atomic mass is 16.7. The Kier molecular flexibility index (Phi) is 2.67. The van der Waals surface area contributed by atoms with Gasteiger partial charge in [-0.15, -0.1) is 0 Å². The molecule has 3 aliphatic heterocycles. The number of hydrogen-bond donors (Lipinski definition) is 0. The summed E-state index contributed by atoms with van der Waals surface area (Å²) in [5.41, 5.74) is 1.24. The fourth-order valence-corrected chi connectivity index (χ4v) is 3.24. The van der Waals surface area contributed by atoms with Gasteiger partial charge in [-0.25, -0.2) is 0 Å². The Morgan fingerprint density at radius 3 is 3.00 bits per heavy atom. The van der Waals surface area contributed by atoms with Crippen molar-refractivity contribution in [1.82, 2.24) is 0 Å². The minimum Gasteiger partial charge on any atom is -0.454 e. The second-order valence-corrected chi connectivity index (χ2v) is 5.53. The van der Waals surface area contributed by atoms with Crippen molar-refractivity contribution < 1.29 is 18.9 Å². The zero-order valence-corrected chi connectivity index (χ0v) is 10.9. The van der Waals surface area contributed by atoms with E-state index in [2.05, 4.69) is 12.1 Å². The van der Waals surface area contributed by atoms with Gasteiger partial charge < -0.3 is 18.9 Å². The quantitative estimate of drug-likeness (QED) is 0.821. The van der Waals surface area contributed by atoms with Crippen LogP contribution in [0.5, 0.6) is 11.5 Å². The van der Waals surface area contributed by atoms with Crippen LogP contribution in [-0.4, -0.2) is 25.3 Å². The van der Waals surface area contributed by atoms with Gasteiger partial charge in [0.2, 0.25) is 6.79 Å². The van der Waals surface area contributed by atoms with E-state index in [0.717, 1.165) is 50.2 Å². The fourth-order valence-electron chi connectivity index (χ4n) is 3.24. The van der Waals surface area contributed by atoms with Gasteiger partial charge in [-0.2, -0.15) is 0 Å². The number of hydrogen-bond acceptors (Lipinski definition) is 4. The first-order valence-electron chi connectivity index (χ1n) is 7.03. The Morgan fingerprint density at radius 2 is 2.11 bits per heavy atom. The molecule has 2 atom stereocenters. The normalized spacial score (nSPS) is 32.3. The molecule has 0 radical (unpaired) electrons. The van der Waals surface area contributed by atoms with Gasteiger partial charge in [0.25, 0.3) is 0 Å². The summed E-state index contributed by atoms with van der Waals surface area (Å²) in [5.74, 6) is 1.43. The van der Waals surface area contributed by atoms with E-state index in [1.165, 1.54) is 5.56 Å². The largest absolute Gasteiger partial charge is 0.454 e. The van der Waals surface area contributed by atoms with Crippen LogP contribution in [0.15, 0.2) is 18.2 Å². The molecule has 0 aliphatic carbocycles. The molecule has 4 heteroatoms. The van der Waals surface area contributed by atoms with Crippen LogP contribution in [-0.2, 0) is 15.9 Å². The lowest BCUT2D eigenvalue weighted by molar-refractivity contribution is -0.198. The van der Waals surface area contributed by atoms with E-state index in [-0.39, 0.29) is 11.9 Å². The van der Waals surface area contributed by atoms with Gasteiger partial charge in [-0.1, -0.05) is 6.07 Å².